The second kappa shape index (κ2) is 3.04. The lowest BCUT2D eigenvalue weighted by molar-refractivity contribution is -0.128. The molecule has 0 amide bonds. The van der Waals surface area contributed by atoms with Crippen LogP contribution in [0.3, 0.4) is 0 Å². The predicted octanol–water partition coefficient (Wildman–Crippen LogP) is 1.72. The average molecular weight is 180 g/mol. The lowest BCUT2D eigenvalue weighted by Gasteiger charge is -2.03. The Bertz CT molecular complexity index is 253. The largest absolute Gasteiger partial charge is 0.396 e. The van der Waals surface area contributed by atoms with Crippen molar-refractivity contribution in [1.82, 2.24) is 9.97 Å². The Balaban J connectivity index is 2.71. The fourth-order valence-electron chi connectivity index (χ4n) is 0.610. The van der Waals surface area contributed by atoms with Gasteiger partial charge >= 0.3 is 6.18 Å². The minimum absolute atomic E-state index is 0.427. The number of hydrogen-bond donors (Lipinski definition) is 0. The normalized spacial score (nSPS) is 11.7. The van der Waals surface area contributed by atoms with Crippen LogP contribution in [0.25, 0.3) is 0 Å². The molecule has 0 aromatic carbocycles. The van der Waals surface area contributed by atoms with Crippen molar-refractivity contribution in [2.45, 2.75) is 12.6 Å². The van der Waals surface area contributed by atoms with Crippen LogP contribution in [0.5, 0.6) is 0 Å². The Morgan fingerprint density at radius 2 is 1.67 bits per heavy atom. The van der Waals surface area contributed by atoms with Gasteiger partial charge in [-0.1, -0.05) is 0 Å². The zero-order valence-corrected chi connectivity index (χ0v) is 5.77. The van der Waals surface area contributed by atoms with Crippen molar-refractivity contribution < 1.29 is 17.6 Å². The third kappa shape index (κ3) is 2.81. The zero-order valence-electron chi connectivity index (χ0n) is 5.77. The van der Waals surface area contributed by atoms with Crippen LogP contribution in [0.4, 0.5) is 17.6 Å². The van der Waals surface area contributed by atoms with Crippen molar-refractivity contribution in [3.05, 3.63) is 24.0 Å². The number of rotatable bonds is 1. The summed E-state index contributed by atoms with van der Waals surface area (Å²) in [4.78, 5) is 6.32. The molecule has 0 fully saturated rings. The molecule has 0 aliphatic carbocycles. The van der Waals surface area contributed by atoms with E-state index in [4.69, 9.17) is 0 Å². The topological polar surface area (TPSA) is 25.8 Å². The predicted molar refractivity (Wildman–Crippen MR) is 31.7 cm³/mol. The van der Waals surface area contributed by atoms with Gasteiger partial charge in [-0.05, 0) is 0 Å². The van der Waals surface area contributed by atoms with Crippen LogP contribution in [0.1, 0.15) is 5.82 Å². The van der Waals surface area contributed by atoms with Crippen molar-refractivity contribution in [3.8, 4) is 0 Å². The van der Waals surface area contributed by atoms with Crippen molar-refractivity contribution in [1.29, 1.82) is 0 Å². The lowest BCUT2D eigenvalue weighted by atomic mass is 10.4. The van der Waals surface area contributed by atoms with Gasteiger partial charge in [0.25, 0.3) is 0 Å². The number of halogens is 4. The molecule has 0 aliphatic heterocycles. The van der Waals surface area contributed by atoms with Crippen LogP contribution in [-0.2, 0) is 6.42 Å². The maximum atomic E-state index is 12.1. The number of alkyl halides is 3. The molecule has 1 aromatic heterocycles. The molecule has 0 radical (unpaired) electrons. The van der Waals surface area contributed by atoms with Crippen LogP contribution >= 0.6 is 0 Å². The summed E-state index contributed by atoms with van der Waals surface area (Å²) in [6, 6.07) is 0. The van der Waals surface area contributed by atoms with E-state index in [1.54, 1.807) is 0 Å². The molecule has 12 heavy (non-hydrogen) atoms. The van der Waals surface area contributed by atoms with Crippen molar-refractivity contribution in [2.75, 3.05) is 0 Å². The first kappa shape index (κ1) is 8.89. The maximum Gasteiger partial charge on any atom is 0.396 e. The van der Waals surface area contributed by atoms with Gasteiger partial charge in [0.1, 0.15) is 12.2 Å². The first-order valence-electron chi connectivity index (χ1n) is 3.00. The van der Waals surface area contributed by atoms with E-state index < -0.39 is 24.2 Å². The van der Waals surface area contributed by atoms with E-state index in [9.17, 15) is 17.6 Å². The molecule has 0 aliphatic rings. The molecular weight excluding hydrogens is 176 g/mol. The lowest BCUT2D eigenvalue weighted by Crippen LogP contribution is -2.14. The van der Waals surface area contributed by atoms with Crippen LogP contribution in [-0.4, -0.2) is 16.1 Å². The molecule has 1 heterocycles. The highest BCUT2D eigenvalue weighted by atomic mass is 19.4. The summed E-state index contributed by atoms with van der Waals surface area (Å²) in [5.74, 6) is -1.18. The van der Waals surface area contributed by atoms with Crippen LogP contribution in [0.2, 0.25) is 0 Å². The molecule has 2 nitrogen and oxygen atoms in total. The monoisotopic (exact) mass is 180 g/mol. The third-order valence-electron chi connectivity index (χ3n) is 1.03. The van der Waals surface area contributed by atoms with E-state index in [-0.39, 0.29) is 0 Å². The quantitative estimate of drug-likeness (QED) is 0.615. The third-order valence-corrected chi connectivity index (χ3v) is 1.03. The molecule has 0 bridgehead atoms. The van der Waals surface area contributed by atoms with Crippen molar-refractivity contribution in [3.63, 3.8) is 0 Å². The smallest absolute Gasteiger partial charge is 0.238 e. The Hall–Kier alpha value is -1.20. The first-order chi connectivity index (χ1) is 5.47. The fourth-order valence-corrected chi connectivity index (χ4v) is 0.610. The highest BCUT2D eigenvalue weighted by molar-refractivity contribution is 4.92. The summed E-state index contributed by atoms with van der Waals surface area (Å²) in [7, 11) is 0. The van der Waals surface area contributed by atoms with Crippen LogP contribution < -0.4 is 0 Å². The van der Waals surface area contributed by atoms with Crippen molar-refractivity contribution >= 4 is 0 Å². The van der Waals surface area contributed by atoms with Gasteiger partial charge in [-0.15, -0.1) is 0 Å². The SMILES string of the molecule is Fc1cnc(CC(F)(F)F)nc1. The molecule has 0 N–H and O–H groups in total. The number of hydrogen-bond acceptors (Lipinski definition) is 2. The van der Waals surface area contributed by atoms with Gasteiger partial charge in [0.15, 0.2) is 5.82 Å². The molecule has 6 heteroatoms. The van der Waals surface area contributed by atoms with Gasteiger partial charge in [-0.25, -0.2) is 14.4 Å². The van der Waals surface area contributed by atoms with Gasteiger partial charge in [-0.3, -0.25) is 0 Å². The van der Waals surface area contributed by atoms with E-state index in [1.165, 1.54) is 0 Å². The summed E-state index contributed by atoms with van der Waals surface area (Å²) in [5.41, 5.74) is 0. The molecule has 0 spiro atoms. The molecule has 0 atom stereocenters. The van der Waals surface area contributed by atoms with E-state index >= 15 is 0 Å². The van der Waals surface area contributed by atoms with E-state index in [2.05, 4.69) is 9.97 Å². The van der Waals surface area contributed by atoms with Crippen LogP contribution in [0, 0.1) is 5.82 Å². The Morgan fingerprint density at radius 1 is 1.17 bits per heavy atom. The molecule has 0 unspecified atom stereocenters. The second-order valence-electron chi connectivity index (χ2n) is 2.11. The van der Waals surface area contributed by atoms with Gasteiger partial charge in [0.2, 0.25) is 0 Å². The summed E-state index contributed by atoms with van der Waals surface area (Å²) < 4.78 is 47.1. The fraction of sp³-hybridized carbons (Fsp3) is 0.333. The van der Waals surface area contributed by atoms with Crippen molar-refractivity contribution in [2.24, 2.45) is 0 Å². The molecule has 1 rings (SSSR count). The maximum absolute atomic E-state index is 12.1. The minimum Gasteiger partial charge on any atom is -0.238 e. The summed E-state index contributed by atoms with van der Waals surface area (Å²) >= 11 is 0. The molecular formula is C6H4F4N2. The Kier molecular flexibility index (Phi) is 2.25. The highest BCUT2D eigenvalue weighted by Gasteiger charge is 2.29. The molecule has 1 aromatic rings. The Morgan fingerprint density at radius 3 is 2.08 bits per heavy atom. The van der Waals surface area contributed by atoms with Crippen LogP contribution in [0.15, 0.2) is 12.4 Å². The first-order valence-corrected chi connectivity index (χ1v) is 3.00. The highest BCUT2D eigenvalue weighted by Crippen LogP contribution is 2.18. The molecule has 0 saturated carbocycles. The van der Waals surface area contributed by atoms with Gasteiger partial charge < -0.3 is 0 Å². The van der Waals surface area contributed by atoms with Gasteiger partial charge in [0.05, 0.1) is 12.4 Å². The standard InChI is InChI=1S/C6H4F4N2/c7-4-2-11-5(12-3-4)1-6(8,9)10/h2-3H,1H2. The number of aromatic nitrogens is 2. The summed E-state index contributed by atoms with van der Waals surface area (Å²) in [5, 5.41) is 0. The van der Waals surface area contributed by atoms with E-state index in [1.807, 2.05) is 0 Å². The van der Waals surface area contributed by atoms with E-state index in [0.717, 1.165) is 0 Å². The Labute approximate surface area is 65.3 Å². The minimum atomic E-state index is -4.35. The van der Waals surface area contributed by atoms with Gasteiger partial charge in [0, 0.05) is 0 Å². The molecule has 66 valence electrons. The number of nitrogens with zero attached hydrogens (tertiary/aromatic N) is 2. The summed E-state index contributed by atoms with van der Waals surface area (Å²) in [6.07, 6.45) is -4.17. The zero-order chi connectivity index (χ0) is 9.19. The second-order valence-corrected chi connectivity index (χ2v) is 2.11. The average Bonchev–Trinajstić information content (AvgIpc) is 1.91. The van der Waals surface area contributed by atoms with E-state index in [0.29, 0.717) is 12.4 Å². The summed E-state index contributed by atoms with van der Waals surface area (Å²) in [6.45, 7) is 0. The van der Waals surface area contributed by atoms with Gasteiger partial charge in [-0.2, -0.15) is 13.2 Å². The molecule has 0 saturated heterocycles.